The molecule has 1 aliphatic rings. The fourth-order valence-electron chi connectivity index (χ4n) is 2.41. The lowest BCUT2D eigenvalue weighted by Gasteiger charge is -2.20. The number of benzene rings is 1. The van der Waals surface area contributed by atoms with Crippen molar-refractivity contribution in [1.82, 2.24) is 20.5 Å². The molecule has 1 aromatic carbocycles. The monoisotopic (exact) mass is 320 g/mol. The number of aromatic amines is 1. The Hall–Kier alpha value is -1.20. The third-order valence-electron chi connectivity index (χ3n) is 3.46. The highest BCUT2D eigenvalue weighted by Gasteiger charge is 2.18. The molecule has 0 amide bonds. The Balaban J connectivity index is 1.68. The first kappa shape index (κ1) is 12.8. The van der Waals surface area contributed by atoms with Gasteiger partial charge in [0.25, 0.3) is 0 Å². The van der Waals surface area contributed by atoms with E-state index in [4.69, 9.17) is 0 Å². The minimum absolute atomic E-state index is 0.323. The lowest BCUT2D eigenvalue weighted by Crippen LogP contribution is -2.27. The van der Waals surface area contributed by atoms with Crippen LogP contribution in [0.2, 0.25) is 0 Å². The van der Waals surface area contributed by atoms with Crippen molar-refractivity contribution in [1.29, 1.82) is 0 Å². The lowest BCUT2D eigenvalue weighted by molar-refractivity contribution is 0.398. The Labute approximate surface area is 121 Å². The highest BCUT2D eigenvalue weighted by atomic mass is 79.9. The van der Waals surface area contributed by atoms with Gasteiger partial charge in [0.2, 0.25) is 0 Å². The van der Waals surface area contributed by atoms with Crippen molar-refractivity contribution in [3.8, 4) is 0 Å². The van der Waals surface area contributed by atoms with Crippen molar-refractivity contribution >= 4 is 15.9 Å². The summed E-state index contributed by atoms with van der Waals surface area (Å²) in [6.45, 7) is 1.07. The summed E-state index contributed by atoms with van der Waals surface area (Å²) in [5.41, 5.74) is 1.24. The zero-order valence-electron chi connectivity index (χ0n) is 10.7. The molecule has 3 rings (SSSR count). The molecule has 2 heterocycles. The number of rotatable bonds is 3. The van der Waals surface area contributed by atoms with Crippen LogP contribution in [0.15, 0.2) is 28.7 Å². The summed E-state index contributed by atoms with van der Waals surface area (Å²) in [5.74, 6) is 1.84. The van der Waals surface area contributed by atoms with Gasteiger partial charge in [-0.05, 0) is 37.1 Å². The van der Waals surface area contributed by atoms with E-state index in [1.165, 1.54) is 18.4 Å². The van der Waals surface area contributed by atoms with E-state index in [0.717, 1.165) is 35.5 Å². The minimum atomic E-state index is 0.323. The summed E-state index contributed by atoms with van der Waals surface area (Å²) in [7, 11) is 0. The molecular weight excluding hydrogens is 304 g/mol. The first-order chi connectivity index (χ1) is 9.31. The van der Waals surface area contributed by atoms with Gasteiger partial charge >= 0.3 is 0 Å². The second-order valence-electron chi connectivity index (χ2n) is 4.95. The fourth-order valence-corrected chi connectivity index (χ4v) is 2.68. The van der Waals surface area contributed by atoms with Crippen LogP contribution in [0.3, 0.4) is 0 Å². The smallest absolute Gasteiger partial charge is 0.167 e. The molecule has 1 fully saturated rings. The highest BCUT2D eigenvalue weighted by molar-refractivity contribution is 9.10. The quantitative estimate of drug-likeness (QED) is 0.914. The number of halogens is 1. The van der Waals surface area contributed by atoms with Crippen LogP contribution in [0.4, 0.5) is 0 Å². The first-order valence-corrected chi connectivity index (χ1v) is 7.49. The topological polar surface area (TPSA) is 53.6 Å². The standard InChI is InChI=1S/C14H17BrN4/c15-11-6-4-10(5-7-11)9-13-17-14(19-18-13)12-3-1-2-8-16-12/h4-7,12,16H,1-3,8-9H2,(H,17,18,19). The average molecular weight is 321 g/mol. The molecule has 1 aliphatic heterocycles. The van der Waals surface area contributed by atoms with Crippen LogP contribution in [-0.2, 0) is 6.42 Å². The molecule has 0 saturated carbocycles. The molecule has 0 aliphatic carbocycles. The van der Waals surface area contributed by atoms with Gasteiger partial charge in [0, 0.05) is 10.9 Å². The molecule has 0 bridgehead atoms. The minimum Gasteiger partial charge on any atom is -0.307 e. The van der Waals surface area contributed by atoms with E-state index in [0.29, 0.717) is 6.04 Å². The maximum atomic E-state index is 4.61. The van der Waals surface area contributed by atoms with Crippen LogP contribution in [0.5, 0.6) is 0 Å². The van der Waals surface area contributed by atoms with Crippen molar-refractivity contribution in [2.45, 2.75) is 31.7 Å². The second-order valence-corrected chi connectivity index (χ2v) is 5.86. The molecule has 19 heavy (non-hydrogen) atoms. The summed E-state index contributed by atoms with van der Waals surface area (Å²) in [5, 5.41) is 10.9. The van der Waals surface area contributed by atoms with E-state index in [1.807, 2.05) is 0 Å². The maximum Gasteiger partial charge on any atom is 0.167 e. The summed E-state index contributed by atoms with van der Waals surface area (Å²) >= 11 is 3.44. The van der Waals surface area contributed by atoms with E-state index in [2.05, 4.69) is 60.7 Å². The van der Waals surface area contributed by atoms with Gasteiger partial charge < -0.3 is 5.32 Å². The molecule has 5 heteroatoms. The zero-order chi connectivity index (χ0) is 13.1. The summed E-state index contributed by atoms with van der Waals surface area (Å²) in [6.07, 6.45) is 4.45. The molecule has 1 aromatic heterocycles. The molecule has 1 atom stereocenters. The van der Waals surface area contributed by atoms with E-state index >= 15 is 0 Å². The lowest BCUT2D eigenvalue weighted by atomic mass is 10.0. The number of nitrogens with zero attached hydrogens (tertiary/aromatic N) is 2. The van der Waals surface area contributed by atoms with Gasteiger partial charge in [-0.2, -0.15) is 5.10 Å². The Bertz CT molecular complexity index is 529. The van der Waals surface area contributed by atoms with Crippen molar-refractivity contribution in [2.24, 2.45) is 0 Å². The van der Waals surface area contributed by atoms with Crippen LogP contribution in [0, 0.1) is 0 Å². The van der Waals surface area contributed by atoms with Crippen molar-refractivity contribution < 1.29 is 0 Å². The van der Waals surface area contributed by atoms with Crippen LogP contribution in [0.25, 0.3) is 0 Å². The van der Waals surface area contributed by atoms with Gasteiger partial charge in [0.05, 0.1) is 6.04 Å². The Morgan fingerprint density at radius 2 is 2.05 bits per heavy atom. The second kappa shape index (κ2) is 5.84. The van der Waals surface area contributed by atoms with Crippen LogP contribution >= 0.6 is 15.9 Å². The molecular formula is C14H17BrN4. The molecule has 0 spiro atoms. The van der Waals surface area contributed by atoms with Crippen LogP contribution < -0.4 is 5.32 Å². The van der Waals surface area contributed by atoms with E-state index in [9.17, 15) is 0 Å². The normalized spacial score (nSPS) is 19.5. The molecule has 1 unspecified atom stereocenters. The molecule has 2 N–H and O–H groups in total. The maximum absolute atomic E-state index is 4.61. The van der Waals surface area contributed by atoms with Crippen molar-refractivity contribution in [2.75, 3.05) is 6.54 Å². The molecule has 4 nitrogen and oxygen atoms in total. The Kier molecular flexibility index (Phi) is 3.94. The molecule has 2 aromatic rings. The Morgan fingerprint density at radius 1 is 1.21 bits per heavy atom. The summed E-state index contributed by atoms with van der Waals surface area (Å²) < 4.78 is 1.10. The van der Waals surface area contributed by atoms with Gasteiger partial charge in [-0.1, -0.05) is 34.5 Å². The fraction of sp³-hybridized carbons (Fsp3) is 0.429. The number of nitrogens with one attached hydrogen (secondary N) is 2. The van der Waals surface area contributed by atoms with Crippen molar-refractivity contribution in [3.05, 3.63) is 46.0 Å². The van der Waals surface area contributed by atoms with Gasteiger partial charge in [-0.15, -0.1) is 0 Å². The number of hydrogen-bond acceptors (Lipinski definition) is 3. The van der Waals surface area contributed by atoms with E-state index < -0.39 is 0 Å². The predicted octanol–water partition coefficient (Wildman–Crippen LogP) is 2.97. The third-order valence-corrected chi connectivity index (χ3v) is 3.98. The zero-order valence-corrected chi connectivity index (χ0v) is 12.3. The SMILES string of the molecule is Brc1ccc(Cc2nc(C3CCCCN3)n[nH]2)cc1. The number of aromatic nitrogens is 3. The van der Waals surface area contributed by atoms with Crippen molar-refractivity contribution in [3.63, 3.8) is 0 Å². The average Bonchev–Trinajstić information content (AvgIpc) is 2.91. The van der Waals surface area contributed by atoms with E-state index in [-0.39, 0.29) is 0 Å². The highest BCUT2D eigenvalue weighted by Crippen LogP contribution is 2.20. The van der Waals surface area contributed by atoms with Crippen LogP contribution in [0.1, 0.15) is 42.5 Å². The van der Waals surface area contributed by atoms with Gasteiger partial charge in [-0.25, -0.2) is 4.98 Å². The van der Waals surface area contributed by atoms with Crippen LogP contribution in [-0.4, -0.2) is 21.7 Å². The number of hydrogen-bond donors (Lipinski definition) is 2. The Morgan fingerprint density at radius 3 is 2.79 bits per heavy atom. The third kappa shape index (κ3) is 3.22. The largest absolute Gasteiger partial charge is 0.307 e. The molecule has 100 valence electrons. The van der Waals surface area contributed by atoms with Gasteiger partial charge in [0.15, 0.2) is 5.82 Å². The molecule has 0 radical (unpaired) electrons. The van der Waals surface area contributed by atoms with Gasteiger partial charge in [0.1, 0.15) is 5.82 Å². The number of piperidine rings is 1. The first-order valence-electron chi connectivity index (χ1n) is 6.70. The van der Waals surface area contributed by atoms with E-state index in [1.54, 1.807) is 0 Å². The summed E-state index contributed by atoms with van der Waals surface area (Å²) in [4.78, 5) is 4.61. The molecule has 1 saturated heterocycles. The summed E-state index contributed by atoms with van der Waals surface area (Å²) in [6, 6.07) is 8.63. The number of H-pyrrole nitrogens is 1. The van der Waals surface area contributed by atoms with Gasteiger partial charge in [-0.3, -0.25) is 5.10 Å². The predicted molar refractivity (Wildman–Crippen MR) is 77.9 cm³/mol.